The fraction of sp³-hybridized carbons (Fsp3) is 0.154. The van der Waals surface area contributed by atoms with Crippen LogP contribution in [-0.2, 0) is 5.88 Å². The molecule has 5 heteroatoms. The number of nitrogens with zero attached hydrogens (tertiary/aromatic N) is 2. The van der Waals surface area contributed by atoms with Crippen molar-refractivity contribution in [3.8, 4) is 11.6 Å². The van der Waals surface area contributed by atoms with Gasteiger partial charge in [-0.05, 0) is 18.6 Å². The first kappa shape index (κ1) is 11.6. The smallest absolute Gasteiger partial charge is 0.243 e. The largest absolute Gasteiger partial charge is 0.437 e. The maximum atomic E-state index is 5.98. The van der Waals surface area contributed by atoms with Crippen LogP contribution in [0.25, 0.3) is 4.96 Å². The zero-order valence-corrected chi connectivity index (χ0v) is 11.3. The number of thiazole rings is 1. The molecular formula is C13H11ClN2OS. The standard InChI is InChI=1S/C13H11ClN2OS/c1-9-4-2-3-5-11(9)17-12-10(8-14)16-6-7-18-13(16)15-12/h2-7H,8H2,1H3. The number of rotatable bonds is 3. The summed E-state index contributed by atoms with van der Waals surface area (Å²) in [5.74, 6) is 1.78. The zero-order valence-electron chi connectivity index (χ0n) is 9.76. The lowest BCUT2D eigenvalue weighted by Gasteiger charge is -2.06. The molecule has 2 aromatic heterocycles. The number of aromatic nitrogens is 2. The van der Waals surface area contributed by atoms with Gasteiger partial charge in [0.25, 0.3) is 0 Å². The van der Waals surface area contributed by atoms with Gasteiger partial charge < -0.3 is 4.74 Å². The Morgan fingerprint density at radius 3 is 3.00 bits per heavy atom. The van der Waals surface area contributed by atoms with Crippen molar-refractivity contribution in [2.45, 2.75) is 12.8 Å². The van der Waals surface area contributed by atoms with Gasteiger partial charge in [-0.3, -0.25) is 4.40 Å². The van der Waals surface area contributed by atoms with Crippen LogP contribution in [0, 0.1) is 6.92 Å². The van der Waals surface area contributed by atoms with Crippen LogP contribution in [0.4, 0.5) is 0 Å². The molecule has 0 N–H and O–H groups in total. The van der Waals surface area contributed by atoms with Crippen LogP contribution in [-0.4, -0.2) is 9.38 Å². The second-order valence-electron chi connectivity index (χ2n) is 3.92. The molecule has 0 spiro atoms. The first-order valence-electron chi connectivity index (χ1n) is 5.53. The number of ether oxygens (including phenoxy) is 1. The lowest BCUT2D eigenvalue weighted by Crippen LogP contribution is -1.92. The highest BCUT2D eigenvalue weighted by atomic mass is 35.5. The molecule has 0 atom stereocenters. The van der Waals surface area contributed by atoms with Crippen LogP contribution in [0.15, 0.2) is 35.8 Å². The number of hydrogen-bond acceptors (Lipinski definition) is 3. The molecule has 0 fully saturated rings. The molecule has 3 aromatic rings. The van der Waals surface area contributed by atoms with Gasteiger partial charge in [-0.15, -0.1) is 22.9 Å². The van der Waals surface area contributed by atoms with E-state index >= 15 is 0 Å². The van der Waals surface area contributed by atoms with Gasteiger partial charge in [-0.1, -0.05) is 18.2 Å². The predicted molar refractivity (Wildman–Crippen MR) is 73.9 cm³/mol. The van der Waals surface area contributed by atoms with Gasteiger partial charge in [0.05, 0.1) is 5.88 Å². The number of halogens is 1. The highest BCUT2D eigenvalue weighted by molar-refractivity contribution is 7.15. The van der Waals surface area contributed by atoms with Crippen LogP contribution in [0.2, 0.25) is 0 Å². The molecule has 0 amide bonds. The molecule has 0 aliphatic heterocycles. The third-order valence-corrected chi connectivity index (χ3v) is 3.76. The predicted octanol–water partition coefficient (Wildman–Crippen LogP) is 4.24. The van der Waals surface area contributed by atoms with Gasteiger partial charge in [-0.25, -0.2) is 0 Å². The Bertz CT molecular complexity index is 689. The number of hydrogen-bond donors (Lipinski definition) is 0. The number of aryl methyl sites for hydroxylation is 1. The summed E-state index contributed by atoms with van der Waals surface area (Å²) in [6.45, 7) is 2.01. The maximum absolute atomic E-state index is 5.98. The van der Waals surface area contributed by atoms with E-state index in [0.717, 1.165) is 22.0 Å². The summed E-state index contributed by atoms with van der Waals surface area (Å²) in [4.78, 5) is 5.35. The monoisotopic (exact) mass is 278 g/mol. The van der Waals surface area contributed by atoms with Crippen molar-refractivity contribution in [3.05, 3.63) is 47.1 Å². The maximum Gasteiger partial charge on any atom is 0.243 e. The average molecular weight is 279 g/mol. The van der Waals surface area contributed by atoms with E-state index in [4.69, 9.17) is 16.3 Å². The van der Waals surface area contributed by atoms with E-state index in [9.17, 15) is 0 Å². The fourth-order valence-corrected chi connectivity index (χ4v) is 2.76. The summed E-state index contributed by atoms with van der Waals surface area (Å²) in [6.07, 6.45) is 1.95. The normalized spacial score (nSPS) is 11.0. The lowest BCUT2D eigenvalue weighted by atomic mass is 10.2. The molecule has 3 rings (SSSR count). The third-order valence-electron chi connectivity index (χ3n) is 2.75. The molecule has 0 bridgehead atoms. The molecule has 0 unspecified atom stereocenters. The van der Waals surface area contributed by atoms with E-state index in [-0.39, 0.29) is 0 Å². The Labute approximate surface area is 114 Å². The van der Waals surface area contributed by atoms with E-state index in [1.807, 2.05) is 47.2 Å². The highest BCUT2D eigenvalue weighted by Crippen LogP contribution is 2.30. The summed E-state index contributed by atoms with van der Waals surface area (Å²) in [6, 6.07) is 7.87. The van der Waals surface area contributed by atoms with Crippen molar-refractivity contribution in [2.75, 3.05) is 0 Å². The van der Waals surface area contributed by atoms with Gasteiger partial charge in [0, 0.05) is 11.6 Å². The summed E-state index contributed by atoms with van der Waals surface area (Å²) < 4.78 is 7.83. The van der Waals surface area contributed by atoms with Gasteiger partial charge >= 0.3 is 0 Å². The first-order valence-corrected chi connectivity index (χ1v) is 6.95. The van der Waals surface area contributed by atoms with E-state index < -0.39 is 0 Å². The lowest BCUT2D eigenvalue weighted by molar-refractivity contribution is 0.458. The summed E-state index contributed by atoms with van der Waals surface area (Å²) in [7, 11) is 0. The molecule has 0 aliphatic rings. The molecule has 1 aromatic carbocycles. The Hall–Kier alpha value is -1.52. The fourth-order valence-electron chi connectivity index (χ4n) is 1.79. The van der Waals surface area contributed by atoms with Crippen molar-refractivity contribution in [2.24, 2.45) is 0 Å². The Morgan fingerprint density at radius 1 is 1.39 bits per heavy atom. The molecular weight excluding hydrogens is 268 g/mol. The minimum absolute atomic E-state index is 0.374. The number of benzene rings is 1. The molecule has 0 aliphatic carbocycles. The minimum Gasteiger partial charge on any atom is -0.437 e. The van der Waals surface area contributed by atoms with E-state index in [2.05, 4.69) is 4.98 Å². The van der Waals surface area contributed by atoms with Crippen molar-refractivity contribution in [1.82, 2.24) is 9.38 Å². The molecule has 0 radical (unpaired) electrons. The summed E-state index contributed by atoms with van der Waals surface area (Å²) in [5.41, 5.74) is 1.96. The Kier molecular flexibility index (Phi) is 2.97. The molecule has 3 nitrogen and oxygen atoms in total. The van der Waals surface area contributed by atoms with Gasteiger partial charge in [0.1, 0.15) is 11.4 Å². The first-order chi connectivity index (χ1) is 8.79. The summed E-state index contributed by atoms with van der Waals surface area (Å²) in [5, 5.41) is 1.98. The van der Waals surface area contributed by atoms with E-state index in [1.165, 1.54) is 0 Å². The van der Waals surface area contributed by atoms with Crippen molar-refractivity contribution in [1.29, 1.82) is 0 Å². The van der Waals surface area contributed by atoms with Crippen molar-refractivity contribution >= 4 is 27.9 Å². The molecule has 18 heavy (non-hydrogen) atoms. The van der Waals surface area contributed by atoms with Crippen LogP contribution < -0.4 is 4.74 Å². The number of fused-ring (bicyclic) bond motifs is 1. The van der Waals surface area contributed by atoms with Gasteiger partial charge in [-0.2, -0.15) is 4.98 Å². The zero-order chi connectivity index (χ0) is 12.5. The van der Waals surface area contributed by atoms with Gasteiger partial charge in [0.2, 0.25) is 5.88 Å². The molecule has 2 heterocycles. The molecule has 92 valence electrons. The van der Waals surface area contributed by atoms with Crippen molar-refractivity contribution in [3.63, 3.8) is 0 Å². The third kappa shape index (κ3) is 1.87. The quantitative estimate of drug-likeness (QED) is 0.670. The molecule has 0 saturated heterocycles. The van der Waals surface area contributed by atoms with Gasteiger partial charge in [0.15, 0.2) is 4.96 Å². The van der Waals surface area contributed by atoms with E-state index in [0.29, 0.717) is 11.8 Å². The SMILES string of the molecule is Cc1ccccc1Oc1nc2sccn2c1CCl. The molecule has 0 saturated carbocycles. The Balaban J connectivity index is 2.04. The van der Waals surface area contributed by atoms with Crippen LogP contribution >= 0.6 is 22.9 Å². The number of imidazole rings is 1. The van der Waals surface area contributed by atoms with E-state index in [1.54, 1.807) is 11.3 Å². The summed E-state index contributed by atoms with van der Waals surface area (Å²) >= 11 is 7.54. The van der Waals surface area contributed by atoms with Crippen LogP contribution in [0.1, 0.15) is 11.3 Å². The minimum atomic E-state index is 0.374. The highest BCUT2D eigenvalue weighted by Gasteiger charge is 2.14. The second-order valence-corrected chi connectivity index (χ2v) is 5.06. The average Bonchev–Trinajstić information content (AvgIpc) is 2.92. The van der Waals surface area contributed by atoms with Crippen LogP contribution in [0.5, 0.6) is 11.6 Å². The Morgan fingerprint density at radius 2 is 2.22 bits per heavy atom. The number of para-hydroxylation sites is 1. The second kappa shape index (κ2) is 4.63. The number of alkyl halides is 1. The van der Waals surface area contributed by atoms with Crippen LogP contribution in [0.3, 0.4) is 0 Å². The van der Waals surface area contributed by atoms with Crippen molar-refractivity contribution < 1.29 is 4.74 Å². The topological polar surface area (TPSA) is 26.5 Å².